The Bertz CT molecular complexity index is 563. The SMILES string of the molecule is CCC(C(N)=S)S(=O)(=O)Nc1cc(Br)ccc1I. The molecule has 0 aliphatic heterocycles. The minimum absolute atomic E-state index is 0.0185. The first-order chi connectivity index (χ1) is 8.27. The van der Waals surface area contributed by atoms with Crippen LogP contribution < -0.4 is 10.5 Å². The molecular weight excluding hydrogens is 451 g/mol. The van der Waals surface area contributed by atoms with Gasteiger partial charge >= 0.3 is 0 Å². The number of benzene rings is 1. The van der Waals surface area contributed by atoms with E-state index in [9.17, 15) is 8.42 Å². The van der Waals surface area contributed by atoms with Gasteiger partial charge < -0.3 is 5.73 Å². The van der Waals surface area contributed by atoms with Crippen molar-refractivity contribution in [2.45, 2.75) is 18.6 Å². The third-order valence-electron chi connectivity index (χ3n) is 2.24. The van der Waals surface area contributed by atoms with Gasteiger partial charge in [-0.05, 0) is 47.2 Å². The van der Waals surface area contributed by atoms with Gasteiger partial charge in [0.15, 0.2) is 0 Å². The van der Waals surface area contributed by atoms with Gasteiger partial charge in [0.1, 0.15) is 5.25 Å². The second kappa shape index (κ2) is 6.49. The van der Waals surface area contributed by atoms with Crippen LogP contribution in [0.5, 0.6) is 0 Å². The molecule has 1 aromatic carbocycles. The number of rotatable bonds is 5. The monoisotopic (exact) mass is 462 g/mol. The molecule has 0 fully saturated rings. The van der Waals surface area contributed by atoms with Crippen molar-refractivity contribution in [3.05, 3.63) is 26.2 Å². The molecule has 1 aromatic rings. The number of anilines is 1. The second-order valence-corrected chi connectivity index (χ2v) is 7.98. The van der Waals surface area contributed by atoms with Gasteiger partial charge in [0.2, 0.25) is 10.0 Å². The predicted molar refractivity (Wildman–Crippen MR) is 90.3 cm³/mol. The molecule has 100 valence electrons. The van der Waals surface area contributed by atoms with Gasteiger partial charge in [-0.25, -0.2) is 8.42 Å². The van der Waals surface area contributed by atoms with Crippen LogP contribution in [-0.2, 0) is 10.0 Å². The molecule has 0 saturated heterocycles. The van der Waals surface area contributed by atoms with Crippen LogP contribution >= 0.6 is 50.7 Å². The number of halogens is 2. The Morgan fingerprint density at radius 1 is 1.61 bits per heavy atom. The highest BCUT2D eigenvalue weighted by atomic mass is 127. The van der Waals surface area contributed by atoms with E-state index in [2.05, 4.69) is 43.2 Å². The molecule has 0 aliphatic carbocycles. The van der Waals surface area contributed by atoms with Crippen LogP contribution in [0.15, 0.2) is 22.7 Å². The van der Waals surface area contributed by atoms with E-state index < -0.39 is 15.3 Å². The minimum atomic E-state index is -3.61. The molecule has 0 bridgehead atoms. The average molecular weight is 463 g/mol. The quantitative estimate of drug-likeness (QED) is 0.521. The van der Waals surface area contributed by atoms with Crippen LogP contribution in [0.25, 0.3) is 0 Å². The van der Waals surface area contributed by atoms with Crippen molar-refractivity contribution in [3.63, 3.8) is 0 Å². The highest BCUT2D eigenvalue weighted by molar-refractivity contribution is 14.1. The molecule has 3 N–H and O–H groups in total. The van der Waals surface area contributed by atoms with Gasteiger partial charge in [0.05, 0.1) is 10.7 Å². The normalized spacial score (nSPS) is 13.1. The number of sulfonamides is 1. The highest BCUT2D eigenvalue weighted by Crippen LogP contribution is 2.25. The van der Waals surface area contributed by atoms with E-state index in [1.807, 2.05) is 12.1 Å². The molecule has 0 amide bonds. The fraction of sp³-hybridized carbons (Fsp3) is 0.300. The Hall–Kier alpha value is 0.0700. The summed E-state index contributed by atoms with van der Waals surface area (Å²) < 4.78 is 28.4. The molecule has 18 heavy (non-hydrogen) atoms. The molecule has 0 saturated carbocycles. The van der Waals surface area contributed by atoms with Crippen molar-refractivity contribution in [1.82, 2.24) is 0 Å². The van der Waals surface area contributed by atoms with Gasteiger partial charge in [0.25, 0.3) is 0 Å². The Kier molecular flexibility index (Phi) is 5.81. The largest absolute Gasteiger partial charge is 0.392 e. The van der Waals surface area contributed by atoms with E-state index in [0.29, 0.717) is 12.1 Å². The van der Waals surface area contributed by atoms with Crippen molar-refractivity contribution in [2.75, 3.05) is 4.72 Å². The van der Waals surface area contributed by atoms with E-state index >= 15 is 0 Å². The minimum Gasteiger partial charge on any atom is -0.392 e. The van der Waals surface area contributed by atoms with Crippen LogP contribution in [-0.4, -0.2) is 18.7 Å². The van der Waals surface area contributed by atoms with Crippen molar-refractivity contribution < 1.29 is 8.42 Å². The van der Waals surface area contributed by atoms with Crippen molar-refractivity contribution in [3.8, 4) is 0 Å². The number of nitrogens with two attached hydrogens (primary N) is 1. The van der Waals surface area contributed by atoms with E-state index in [1.54, 1.807) is 13.0 Å². The Morgan fingerprint density at radius 3 is 2.72 bits per heavy atom. The zero-order valence-corrected chi connectivity index (χ0v) is 14.9. The smallest absolute Gasteiger partial charge is 0.242 e. The first-order valence-electron chi connectivity index (χ1n) is 5.04. The summed E-state index contributed by atoms with van der Waals surface area (Å²) in [7, 11) is -3.61. The lowest BCUT2D eigenvalue weighted by molar-refractivity contribution is 0.594. The molecule has 0 radical (unpaired) electrons. The summed E-state index contributed by atoms with van der Waals surface area (Å²) in [5, 5.41) is -0.859. The first-order valence-corrected chi connectivity index (χ1v) is 8.86. The van der Waals surface area contributed by atoms with E-state index in [0.717, 1.165) is 8.04 Å². The van der Waals surface area contributed by atoms with Crippen molar-refractivity contribution >= 4 is 71.4 Å². The summed E-state index contributed by atoms with van der Waals surface area (Å²) >= 11 is 10.1. The summed E-state index contributed by atoms with van der Waals surface area (Å²) in [6.07, 6.45) is 0.343. The van der Waals surface area contributed by atoms with Gasteiger partial charge in [0, 0.05) is 8.04 Å². The van der Waals surface area contributed by atoms with E-state index in [1.165, 1.54) is 0 Å². The van der Waals surface area contributed by atoms with Crippen molar-refractivity contribution in [1.29, 1.82) is 0 Å². The van der Waals surface area contributed by atoms with Crippen molar-refractivity contribution in [2.24, 2.45) is 5.73 Å². The summed E-state index contributed by atoms with van der Waals surface area (Å²) in [4.78, 5) is -0.0185. The van der Waals surface area contributed by atoms with Gasteiger partial charge in [-0.3, -0.25) is 4.72 Å². The lowest BCUT2D eigenvalue weighted by Crippen LogP contribution is -2.37. The molecule has 4 nitrogen and oxygen atoms in total. The summed E-state index contributed by atoms with van der Waals surface area (Å²) in [6.45, 7) is 1.73. The maximum absolute atomic E-state index is 12.1. The zero-order chi connectivity index (χ0) is 13.9. The van der Waals surface area contributed by atoms with Crippen LogP contribution in [0.1, 0.15) is 13.3 Å². The zero-order valence-electron chi connectivity index (χ0n) is 9.48. The molecule has 0 aliphatic rings. The fourth-order valence-corrected chi connectivity index (χ4v) is 4.30. The summed E-state index contributed by atoms with van der Waals surface area (Å²) in [6, 6.07) is 5.35. The number of hydrogen-bond acceptors (Lipinski definition) is 3. The predicted octanol–water partition coefficient (Wildman–Crippen LogP) is 2.86. The van der Waals surface area contributed by atoms with E-state index in [-0.39, 0.29) is 4.99 Å². The molecule has 1 rings (SSSR count). The first kappa shape index (κ1) is 16.1. The molecule has 0 spiro atoms. The average Bonchev–Trinajstić information content (AvgIpc) is 2.22. The van der Waals surface area contributed by atoms with Crippen LogP contribution in [0.2, 0.25) is 0 Å². The van der Waals surface area contributed by atoms with Crippen LogP contribution in [0.3, 0.4) is 0 Å². The van der Waals surface area contributed by atoms with E-state index in [4.69, 9.17) is 18.0 Å². The van der Waals surface area contributed by atoms with Gasteiger partial charge in [-0.1, -0.05) is 35.1 Å². The third kappa shape index (κ3) is 4.04. The standard InChI is InChI=1S/C10H12BrIN2O2S2/c1-2-9(10(13)17)18(15,16)14-8-5-6(11)3-4-7(8)12/h3-5,9,14H,2H2,1H3,(H2,13,17). The molecule has 8 heteroatoms. The summed E-state index contributed by atoms with van der Waals surface area (Å²) in [5.74, 6) is 0. The maximum Gasteiger partial charge on any atom is 0.242 e. The second-order valence-electron chi connectivity index (χ2n) is 3.57. The van der Waals surface area contributed by atoms with Crippen LogP contribution in [0.4, 0.5) is 5.69 Å². The Labute approximate surface area is 134 Å². The van der Waals surface area contributed by atoms with Gasteiger partial charge in [-0.15, -0.1) is 0 Å². The Morgan fingerprint density at radius 2 is 2.22 bits per heavy atom. The number of nitrogens with one attached hydrogen (secondary N) is 1. The third-order valence-corrected chi connectivity index (χ3v) is 5.95. The molecule has 0 aromatic heterocycles. The highest BCUT2D eigenvalue weighted by Gasteiger charge is 2.26. The fourth-order valence-electron chi connectivity index (χ4n) is 1.37. The lowest BCUT2D eigenvalue weighted by Gasteiger charge is -2.17. The number of thiocarbonyl (C=S) groups is 1. The molecular formula is C10H12BrIN2O2S2. The summed E-state index contributed by atoms with van der Waals surface area (Å²) in [5.41, 5.74) is 5.97. The molecule has 1 atom stereocenters. The maximum atomic E-state index is 12.1. The lowest BCUT2D eigenvalue weighted by atomic mass is 10.3. The molecule has 1 unspecified atom stereocenters. The Balaban J connectivity index is 3.09. The van der Waals surface area contributed by atoms with Gasteiger partial charge in [-0.2, -0.15) is 0 Å². The topological polar surface area (TPSA) is 72.2 Å². The number of hydrogen-bond donors (Lipinski definition) is 2. The molecule has 0 heterocycles. The van der Waals surface area contributed by atoms with Crippen LogP contribution in [0, 0.1) is 3.57 Å².